The van der Waals surface area contributed by atoms with Crippen LogP contribution in [0.2, 0.25) is 0 Å². The Kier molecular flexibility index (Phi) is 7.54. The molecule has 0 unspecified atom stereocenters. The molecular weight excluding hydrogens is 338 g/mol. The van der Waals surface area contributed by atoms with Crippen molar-refractivity contribution in [3.63, 3.8) is 0 Å². The van der Waals surface area contributed by atoms with E-state index in [9.17, 15) is 4.79 Å². The Bertz CT molecular complexity index is 561. The molecule has 0 saturated carbocycles. The van der Waals surface area contributed by atoms with Crippen LogP contribution >= 0.6 is 12.4 Å². The predicted octanol–water partition coefficient (Wildman–Crippen LogP) is 2.15. The van der Waals surface area contributed by atoms with Crippen LogP contribution in [-0.2, 0) is 11.3 Å². The van der Waals surface area contributed by atoms with Crippen molar-refractivity contribution in [1.29, 1.82) is 0 Å². The van der Waals surface area contributed by atoms with Gasteiger partial charge in [0.25, 0.3) is 0 Å². The second-order valence-electron chi connectivity index (χ2n) is 6.99. The minimum atomic E-state index is 0. The first kappa shape index (κ1) is 20.0. The van der Waals surface area contributed by atoms with E-state index in [0.29, 0.717) is 11.9 Å². The van der Waals surface area contributed by atoms with E-state index in [1.165, 1.54) is 5.56 Å². The molecule has 2 aliphatic rings. The van der Waals surface area contributed by atoms with E-state index in [0.717, 1.165) is 57.9 Å². The van der Waals surface area contributed by atoms with E-state index >= 15 is 0 Å². The van der Waals surface area contributed by atoms with Gasteiger partial charge in [0.2, 0.25) is 5.91 Å². The fourth-order valence-corrected chi connectivity index (χ4v) is 3.82. The third-order valence-corrected chi connectivity index (χ3v) is 5.24. The van der Waals surface area contributed by atoms with Gasteiger partial charge in [0.1, 0.15) is 5.75 Å². The van der Waals surface area contributed by atoms with Crippen molar-refractivity contribution in [2.75, 3.05) is 39.8 Å². The molecule has 1 amide bonds. The lowest BCUT2D eigenvalue weighted by atomic mass is 9.92. The third-order valence-electron chi connectivity index (χ3n) is 5.24. The smallest absolute Gasteiger partial charge is 0.225 e. The molecule has 2 aliphatic heterocycles. The second-order valence-corrected chi connectivity index (χ2v) is 6.99. The molecule has 2 fully saturated rings. The lowest BCUT2D eigenvalue weighted by molar-refractivity contribution is -0.138. The maximum absolute atomic E-state index is 12.7. The van der Waals surface area contributed by atoms with Gasteiger partial charge < -0.3 is 15.0 Å². The zero-order valence-corrected chi connectivity index (χ0v) is 16.1. The van der Waals surface area contributed by atoms with E-state index in [4.69, 9.17) is 4.74 Å². The summed E-state index contributed by atoms with van der Waals surface area (Å²) in [5, 5.41) is 3.42. The summed E-state index contributed by atoms with van der Waals surface area (Å²) in [7, 11) is 1.72. The van der Waals surface area contributed by atoms with E-state index < -0.39 is 0 Å². The highest BCUT2D eigenvalue weighted by atomic mass is 35.5. The average molecular weight is 368 g/mol. The van der Waals surface area contributed by atoms with E-state index in [1.54, 1.807) is 7.11 Å². The molecule has 0 spiro atoms. The molecule has 25 heavy (non-hydrogen) atoms. The van der Waals surface area contributed by atoms with Crippen molar-refractivity contribution in [1.82, 2.24) is 15.1 Å². The summed E-state index contributed by atoms with van der Waals surface area (Å²) in [4.78, 5) is 17.2. The second kappa shape index (κ2) is 9.41. The van der Waals surface area contributed by atoms with Gasteiger partial charge in [-0.15, -0.1) is 12.4 Å². The van der Waals surface area contributed by atoms with E-state index in [1.807, 2.05) is 12.1 Å². The summed E-state index contributed by atoms with van der Waals surface area (Å²) in [5.41, 5.74) is 1.21. The summed E-state index contributed by atoms with van der Waals surface area (Å²) < 4.78 is 5.44. The third kappa shape index (κ3) is 5.09. The predicted molar refractivity (Wildman–Crippen MR) is 102 cm³/mol. The van der Waals surface area contributed by atoms with Crippen molar-refractivity contribution in [3.8, 4) is 5.75 Å². The molecule has 6 heteroatoms. The quantitative estimate of drug-likeness (QED) is 0.885. The first-order valence-corrected chi connectivity index (χ1v) is 9.04. The number of rotatable bonds is 4. The summed E-state index contributed by atoms with van der Waals surface area (Å²) >= 11 is 0. The van der Waals surface area contributed by atoms with Gasteiger partial charge >= 0.3 is 0 Å². The summed E-state index contributed by atoms with van der Waals surface area (Å²) in [6, 6.07) is 8.63. The van der Waals surface area contributed by atoms with Crippen molar-refractivity contribution in [3.05, 3.63) is 29.8 Å². The van der Waals surface area contributed by atoms with Crippen LogP contribution in [0.3, 0.4) is 0 Å². The van der Waals surface area contributed by atoms with Gasteiger partial charge in [-0.05, 0) is 32.4 Å². The number of methoxy groups -OCH3 is 1. The van der Waals surface area contributed by atoms with Gasteiger partial charge in [-0.25, -0.2) is 0 Å². The minimum absolute atomic E-state index is 0. The largest absolute Gasteiger partial charge is 0.496 e. The van der Waals surface area contributed by atoms with Crippen LogP contribution in [0.15, 0.2) is 24.3 Å². The number of ether oxygens (including phenoxy) is 1. The number of carbonyl (C=O) groups is 1. The normalized spacial score (nSPS) is 24.5. The summed E-state index contributed by atoms with van der Waals surface area (Å²) in [6.45, 7) is 7.57. The Morgan fingerprint density at radius 1 is 1.24 bits per heavy atom. The number of halogens is 1. The molecule has 2 atom stereocenters. The number of benzene rings is 1. The van der Waals surface area contributed by atoms with Crippen LogP contribution in [0.25, 0.3) is 0 Å². The SMILES string of the molecule is COc1ccccc1CN1CCN(C(=O)[C@H]2CCN[C@@H](C)C2)CC1.Cl. The average Bonchev–Trinajstić information content (AvgIpc) is 2.62. The topological polar surface area (TPSA) is 44.8 Å². The first-order chi connectivity index (χ1) is 11.7. The number of carbonyl (C=O) groups excluding carboxylic acids is 1. The molecule has 2 saturated heterocycles. The van der Waals surface area contributed by atoms with Crippen molar-refractivity contribution in [2.45, 2.75) is 32.4 Å². The van der Waals surface area contributed by atoms with Crippen LogP contribution < -0.4 is 10.1 Å². The summed E-state index contributed by atoms with van der Waals surface area (Å²) in [5.74, 6) is 1.52. The van der Waals surface area contributed by atoms with E-state index in [-0.39, 0.29) is 18.3 Å². The molecule has 1 N–H and O–H groups in total. The van der Waals surface area contributed by atoms with Crippen LogP contribution in [0.5, 0.6) is 5.75 Å². The van der Waals surface area contributed by atoms with Crippen molar-refractivity contribution >= 4 is 18.3 Å². The Hall–Kier alpha value is -1.30. The number of nitrogens with zero attached hydrogens (tertiary/aromatic N) is 2. The Labute approximate surface area is 157 Å². The Balaban J connectivity index is 0.00000225. The van der Waals surface area contributed by atoms with Gasteiger partial charge in [-0.3, -0.25) is 9.69 Å². The lowest BCUT2D eigenvalue weighted by Crippen LogP contribution is -2.51. The number of hydrogen-bond donors (Lipinski definition) is 1. The summed E-state index contributed by atoms with van der Waals surface area (Å²) in [6.07, 6.45) is 1.95. The molecule has 0 aliphatic carbocycles. The van der Waals surface area contributed by atoms with Crippen molar-refractivity contribution in [2.24, 2.45) is 5.92 Å². The zero-order chi connectivity index (χ0) is 16.9. The van der Waals surface area contributed by atoms with Crippen LogP contribution in [0.4, 0.5) is 0 Å². The number of nitrogens with one attached hydrogen (secondary N) is 1. The number of para-hydroxylation sites is 1. The molecule has 1 aromatic rings. The highest BCUT2D eigenvalue weighted by Crippen LogP contribution is 2.22. The monoisotopic (exact) mass is 367 g/mol. The lowest BCUT2D eigenvalue weighted by Gasteiger charge is -2.38. The maximum Gasteiger partial charge on any atom is 0.225 e. The standard InChI is InChI=1S/C19H29N3O2.ClH/c1-15-13-16(7-8-20-15)19(23)22-11-9-21(10-12-22)14-17-5-3-4-6-18(17)24-2;/h3-6,15-16,20H,7-14H2,1-2H3;1H/t15-,16-;/m0./s1. The zero-order valence-electron chi connectivity index (χ0n) is 15.2. The van der Waals surface area contributed by atoms with Crippen LogP contribution in [0, 0.1) is 5.92 Å². The molecule has 5 nitrogen and oxygen atoms in total. The molecule has 0 radical (unpaired) electrons. The van der Waals surface area contributed by atoms with Gasteiger partial charge in [0.05, 0.1) is 7.11 Å². The highest BCUT2D eigenvalue weighted by molar-refractivity contribution is 5.85. The molecule has 1 aromatic carbocycles. The first-order valence-electron chi connectivity index (χ1n) is 9.04. The fourth-order valence-electron chi connectivity index (χ4n) is 3.82. The van der Waals surface area contributed by atoms with Gasteiger partial charge in [-0.1, -0.05) is 18.2 Å². The molecule has 0 bridgehead atoms. The fraction of sp³-hybridized carbons (Fsp3) is 0.632. The number of piperidine rings is 1. The number of hydrogen-bond acceptors (Lipinski definition) is 4. The van der Waals surface area contributed by atoms with Crippen molar-refractivity contribution < 1.29 is 9.53 Å². The molecule has 3 rings (SSSR count). The minimum Gasteiger partial charge on any atom is -0.496 e. The molecular formula is C19H30ClN3O2. The number of amides is 1. The van der Waals surface area contributed by atoms with Gasteiger partial charge in [-0.2, -0.15) is 0 Å². The Morgan fingerprint density at radius 2 is 1.96 bits per heavy atom. The molecule has 140 valence electrons. The van der Waals surface area contributed by atoms with E-state index in [2.05, 4.69) is 34.2 Å². The number of piperazine rings is 1. The Morgan fingerprint density at radius 3 is 2.64 bits per heavy atom. The van der Waals surface area contributed by atoms with Crippen LogP contribution in [-0.4, -0.2) is 61.6 Å². The van der Waals surface area contributed by atoms with Crippen LogP contribution in [0.1, 0.15) is 25.3 Å². The molecule has 0 aromatic heterocycles. The van der Waals surface area contributed by atoms with Gasteiger partial charge in [0, 0.05) is 50.2 Å². The highest BCUT2D eigenvalue weighted by Gasteiger charge is 2.30. The molecule has 2 heterocycles. The van der Waals surface area contributed by atoms with Gasteiger partial charge in [0.15, 0.2) is 0 Å². The maximum atomic E-state index is 12.7.